The number of sulfonamides is 1. The van der Waals surface area contributed by atoms with E-state index < -0.39 is 28.5 Å². The van der Waals surface area contributed by atoms with Crippen LogP contribution >= 0.6 is 11.6 Å². The molecule has 0 fully saturated rings. The molecule has 0 aliphatic rings. The van der Waals surface area contributed by atoms with Gasteiger partial charge in [0.1, 0.15) is 18.3 Å². The van der Waals surface area contributed by atoms with Gasteiger partial charge in [-0.3, -0.25) is 13.9 Å². The summed E-state index contributed by atoms with van der Waals surface area (Å²) < 4.78 is 34.3. The molecule has 1 atom stereocenters. The lowest BCUT2D eigenvalue weighted by atomic mass is 10.1. The van der Waals surface area contributed by atoms with Gasteiger partial charge < -0.3 is 15.0 Å². The quantitative estimate of drug-likeness (QED) is 0.295. The molecule has 0 aliphatic heterocycles. The molecule has 214 valence electrons. The minimum atomic E-state index is -4.15. The summed E-state index contributed by atoms with van der Waals surface area (Å²) >= 11 is 6.05. The highest BCUT2D eigenvalue weighted by molar-refractivity contribution is 7.92. The third kappa shape index (κ3) is 7.99. The largest absolute Gasteiger partial charge is 0.494 e. The molecule has 0 aromatic heterocycles. The van der Waals surface area contributed by atoms with E-state index in [2.05, 4.69) is 5.32 Å². The van der Waals surface area contributed by atoms with Gasteiger partial charge in [0.15, 0.2) is 0 Å². The second-order valence-corrected chi connectivity index (χ2v) is 11.8. The van der Waals surface area contributed by atoms with Gasteiger partial charge in [-0.05, 0) is 81.3 Å². The molecule has 0 saturated carbocycles. The van der Waals surface area contributed by atoms with Gasteiger partial charge in [0.2, 0.25) is 11.8 Å². The molecule has 8 nitrogen and oxygen atoms in total. The Labute approximate surface area is 241 Å². The zero-order chi connectivity index (χ0) is 29.3. The number of benzene rings is 3. The summed E-state index contributed by atoms with van der Waals surface area (Å²) in [6.07, 6.45) is 0.342. The van der Waals surface area contributed by atoms with E-state index in [1.807, 2.05) is 27.7 Å². The van der Waals surface area contributed by atoms with Crippen molar-refractivity contribution >= 4 is 39.1 Å². The van der Waals surface area contributed by atoms with Crippen LogP contribution in [0.15, 0.2) is 83.8 Å². The standard InChI is InChI=1S/C30H36ClN3O5S/c1-5-28(30(36)32-22(3)4)33(20-23-12-14-24(31)15-13-23)29(35)21-34(25-10-8-7-9-11-25)40(37,38)27-18-16-26(17-19-27)39-6-2/h7-19,22,28H,5-6,20-21H2,1-4H3,(H,32,36). The van der Waals surface area contributed by atoms with Crippen LogP contribution in [0.25, 0.3) is 0 Å². The van der Waals surface area contributed by atoms with E-state index in [-0.39, 0.29) is 23.4 Å². The van der Waals surface area contributed by atoms with Crippen molar-refractivity contribution in [2.24, 2.45) is 0 Å². The molecule has 1 unspecified atom stereocenters. The molecule has 0 saturated heterocycles. The summed E-state index contributed by atoms with van der Waals surface area (Å²) in [4.78, 5) is 28.6. The van der Waals surface area contributed by atoms with Gasteiger partial charge in [0, 0.05) is 17.6 Å². The number of anilines is 1. The van der Waals surface area contributed by atoms with E-state index in [9.17, 15) is 18.0 Å². The van der Waals surface area contributed by atoms with E-state index >= 15 is 0 Å². The summed E-state index contributed by atoms with van der Waals surface area (Å²) in [5.74, 6) is -0.278. The van der Waals surface area contributed by atoms with E-state index in [4.69, 9.17) is 16.3 Å². The lowest BCUT2D eigenvalue weighted by molar-refractivity contribution is -0.140. The number of ether oxygens (including phenoxy) is 1. The SMILES string of the molecule is CCOc1ccc(S(=O)(=O)N(CC(=O)N(Cc2ccc(Cl)cc2)C(CC)C(=O)NC(C)C)c2ccccc2)cc1. The third-order valence-electron chi connectivity index (χ3n) is 6.13. The van der Waals surface area contributed by atoms with Gasteiger partial charge in [0.05, 0.1) is 17.2 Å². The highest BCUT2D eigenvalue weighted by Crippen LogP contribution is 2.26. The molecule has 0 bridgehead atoms. The molecule has 0 radical (unpaired) electrons. The fraction of sp³-hybridized carbons (Fsp3) is 0.333. The van der Waals surface area contributed by atoms with Crippen molar-refractivity contribution in [2.75, 3.05) is 17.5 Å². The second kappa shape index (κ2) is 14.2. The number of halogens is 1. The Morgan fingerprint density at radius 3 is 2.10 bits per heavy atom. The molecular formula is C30H36ClN3O5S. The highest BCUT2D eigenvalue weighted by atomic mass is 35.5. The Balaban J connectivity index is 2.02. The first-order valence-electron chi connectivity index (χ1n) is 13.2. The maximum Gasteiger partial charge on any atom is 0.264 e. The van der Waals surface area contributed by atoms with Crippen LogP contribution < -0.4 is 14.4 Å². The van der Waals surface area contributed by atoms with Crippen molar-refractivity contribution in [2.45, 2.75) is 57.6 Å². The van der Waals surface area contributed by atoms with Gasteiger partial charge in [-0.1, -0.05) is 48.9 Å². The van der Waals surface area contributed by atoms with Crippen molar-refractivity contribution in [3.05, 3.63) is 89.4 Å². The molecule has 2 amide bonds. The Hall–Kier alpha value is -3.56. The molecule has 0 spiro atoms. The number of rotatable bonds is 13. The Morgan fingerprint density at radius 2 is 1.55 bits per heavy atom. The Bertz CT molecular complexity index is 1360. The average molecular weight is 586 g/mol. The molecule has 10 heteroatoms. The van der Waals surface area contributed by atoms with Crippen LogP contribution in [0.3, 0.4) is 0 Å². The van der Waals surface area contributed by atoms with Crippen molar-refractivity contribution in [3.63, 3.8) is 0 Å². The first-order chi connectivity index (χ1) is 19.1. The second-order valence-electron chi connectivity index (χ2n) is 9.49. The maximum atomic E-state index is 14.0. The van der Waals surface area contributed by atoms with Crippen LogP contribution in [0, 0.1) is 0 Å². The van der Waals surface area contributed by atoms with E-state index in [1.54, 1.807) is 66.7 Å². The zero-order valence-electron chi connectivity index (χ0n) is 23.2. The van der Waals surface area contributed by atoms with Crippen LogP contribution in [0.4, 0.5) is 5.69 Å². The van der Waals surface area contributed by atoms with Gasteiger partial charge in [-0.25, -0.2) is 8.42 Å². The monoisotopic (exact) mass is 585 g/mol. The molecule has 1 N–H and O–H groups in total. The number of nitrogens with zero attached hydrogens (tertiary/aromatic N) is 2. The predicted octanol–water partition coefficient (Wildman–Crippen LogP) is 5.27. The van der Waals surface area contributed by atoms with Gasteiger partial charge >= 0.3 is 0 Å². The fourth-order valence-electron chi connectivity index (χ4n) is 4.21. The minimum Gasteiger partial charge on any atom is -0.494 e. The normalized spacial score (nSPS) is 12.1. The van der Waals surface area contributed by atoms with E-state index in [1.165, 1.54) is 17.0 Å². The summed E-state index contributed by atoms with van der Waals surface area (Å²) in [6, 6.07) is 20.6. The van der Waals surface area contributed by atoms with Crippen LogP contribution in [-0.2, 0) is 26.2 Å². The minimum absolute atomic E-state index is 0.0152. The average Bonchev–Trinajstić information content (AvgIpc) is 2.93. The van der Waals surface area contributed by atoms with Crippen LogP contribution in [0.1, 0.15) is 39.7 Å². The molecule has 0 aliphatic carbocycles. The third-order valence-corrected chi connectivity index (χ3v) is 8.17. The number of hydrogen-bond acceptors (Lipinski definition) is 5. The fourth-order valence-corrected chi connectivity index (χ4v) is 5.75. The first-order valence-corrected chi connectivity index (χ1v) is 15.0. The summed E-state index contributed by atoms with van der Waals surface area (Å²) in [7, 11) is -4.15. The van der Waals surface area contributed by atoms with Crippen molar-refractivity contribution in [3.8, 4) is 5.75 Å². The number of nitrogens with one attached hydrogen (secondary N) is 1. The van der Waals surface area contributed by atoms with Crippen molar-refractivity contribution < 1.29 is 22.7 Å². The van der Waals surface area contributed by atoms with E-state index in [0.717, 1.165) is 9.87 Å². The molecule has 40 heavy (non-hydrogen) atoms. The summed E-state index contributed by atoms with van der Waals surface area (Å²) in [6.45, 7) is 7.40. The number of carbonyl (C=O) groups is 2. The zero-order valence-corrected chi connectivity index (χ0v) is 24.8. The summed E-state index contributed by atoms with van der Waals surface area (Å²) in [5, 5.41) is 3.43. The van der Waals surface area contributed by atoms with Crippen LogP contribution in [-0.4, -0.2) is 50.4 Å². The van der Waals surface area contributed by atoms with Gasteiger partial charge in [-0.2, -0.15) is 0 Å². The smallest absolute Gasteiger partial charge is 0.264 e. The van der Waals surface area contributed by atoms with Crippen LogP contribution in [0.5, 0.6) is 5.75 Å². The van der Waals surface area contributed by atoms with Crippen molar-refractivity contribution in [1.82, 2.24) is 10.2 Å². The number of carbonyl (C=O) groups excluding carboxylic acids is 2. The van der Waals surface area contributed by atoms with E-state index in [0.29, 0.717) is 29.5 Å². The van der Waals surface area contributed by atoms with Crippen LogP contribution in [0.2, 0.25) is 5.02 Å². The maximum absolute atomic E-state index is 14.0. The molecule has 3 aromatic rings. The Morgan fingerprint density at radius 1 is 0.925 bits per heavy atom. The molecule has 3 rings (SSSR count). The number of amides is 2. The summed E-state index contributed by atoms with van der Waals surface area (Å²) in [5.41, 5.74) is 1.09. The van der Waals surface area contributed by atoms with Gasteiger partial charge in [0.25, 0.3) is 10.0 Å². The number of para-hydroxylation sites is 1. The first kappa shape index (κ1) is 31.0. The highest BCUT2D eigenvalue weighted by Gasteiger charge is 2.33. The topological polar surface area (TPSA) is 96.0 Å². The lowest BCUT2D eigenvalue weighted by Gasteiger charge is -2.33. The lowest BCUT2D eigenvalue weighted by Crippen LogP contribution is -2.53. The number of hydrogen-bond donors (Lipinski definition) is 1. The predicted molar refractivity (Wildman–Crippen MR) is 158 cm³/mol. The Kier molecular flexibility index (Phi) is 11.0. The molecular weight excluding hydrogens is 550 g/mol. The van der Waals surface area contributed by atoms with Crippen molar-refractivity contribution in [1.29, 1.82) is 0 Å². The van der Waals surface area contributed by atoms with Gasteiger partial charge in [-0.15, -0.1) is 0 Å². The molecule has 0 heterocycles. The molecule has 3 aromatic carbocycles.